The number of hydrogen-bond donors (Lipinski definition) is 0. The zero-order valence-electron chi connectivity index (χ0n) is 10.3. The first-order chi connectivity index (χ1) is 8.65. The van der Waals surface area contributed by atoms with E-state index in [1.54, 1.807) is 6.20 Å². The Balaban J connectivity index is 1.62. The maximum atomic E-state index is 5.86. The average Bonchev–Trinajstić information content (AvgIpc) is 2.92. The summed E-state index contributed by atoms with van der Waals surface area (Å²) in [6.07, 6.45) is 5.73. The standard InChI is InChI=1S/C13H16BrClN2O/c1-17-9-3-2-8(4-9)12(17)7-18-10-5-11(14)13(15)16-6-10/h5-6,8-9,12H,2-4,7H2,1H3/t8-,9+,12-/m1/s1. The summed E-state index contributed by atoms with van der Waals surface area (Å²) in [4.78, 5) is 6.55. The van der Waals surface area contributed by atoms with E-state index in [4.69, 9.17) is 16.3 Å². The number of fused-ring (bicyclic) bond motifs is 2. The van der Waals surface area contributed by atoms with E-state index in [-0.39, 0.29) is 0 Å². The number of hydrogen-bond acceptors (Lipinski definition) is 3. The van der Waals surface area contributed by atoms with Gasteiger partial charge in [0.05, 0.1) is 10.7 Å². The van der Waals surface area contributed by atoms with Gasteiger partial charge >= 0.3 is 0 Å². The third-order valence-electron chi connectivity index (χ3n) is 4.28. The van der Waals surface area contributed by atoms with E-state index in [1.165, 1.54) is 19.3 Å². The van der Waals surface area contributed by atoms with Crippen LogP contribution in [0.25, 0.3) is 0 Å². The smallest absolute Gasteiger partial charge is 0.143 e. The quantitative estimate of drug-likeness (QED) is 0.794. The Labute approximate surface area is 121 Å². The summed E-state index contributed by atoms with van der Waals surface area (Å²) >= 11 is 9.22. The number of likely N-dealkylation sites (N-methyl/N-ethyl adjacent to an activating group) is 1. The summed E-state index contributed by atoms with van der Waals surface area (Å²) in [6, 6.07) is 3.21. The summed E-state index contributed by atoms with van der Waals surface area (Å²) in [6.45, 7) is 0.743. The molecule has 3 rings (SSSR count). The van der Waals surface area contributed by atoms with Crippen LogP contribution in [0.4, 0.5) is 0 Å². The summed E-state index contributed by atoms with van der Waals surface area (Å²) in [7, 11) is 2.22. The summed E-state index contributed by atoms with van der Waals surface area (Å²) in [5.74, 6) is 1.59. The molecule has 98 valence electrons. The van der Waals surface area contributed by atoms with Crippen LogP contribution >= 0.6 is 27.5 Å². The van der Waals surface area contributed by atoms with Crippen LogP contribution in [0.5, 0.6) is 5.75 Å². The van der Waals surface area contributed by atoms with Crippen LogP contribution in [0.2, 0.25) is 5.15 Å². The van der Waals surface area contributed by atoms with Gasteiger partial charge < -0.3 is 4.74 Å². The Morgan fingerprint density at radius 1 is 1.56 bits per heavy atom. The largest absolute Gasteiger partial charge is 0.490 e. The van der Waals surface area contributed by atoms with Crippen molar-refractivity contribution in [2.75, 3.05) is 13.7 Å². The van der Waals surface area contributed by atoms with Gasteiger partial charge in [-0.15, -0.1) is 0 Å². The highest BCUT2D eigenvalue weighted by Crippen LogP contribution is 2.41. The first-order valence-corrected chi connectivity index (χ1v) is 7.48. The molecule has 1 saturated heterocycles. The summed E-state index contributed by atoms with van der Waals surface area (Å²) in [5.41, 5.74) is 0. The molecule has 3 atom stereocenters. The maximum Gasteiger partial charge on any atom is 0.143 e. The van der Waals surface area contributed by atoms with Crippen molar-refractivity contribution >= 4 is 27.5 Å². The number of rotatable bonds is 3. The van der Waals surface area contributed by atoms with Crippen LogP contribution in [-0.4, -0.2) is 35.6 Å². The third kappa shape index (κ3) is 2.26. The molecule has 18 heavy (non-hydrogen) atoms. The molecule has 3 nitrogen and oxygen atoms in total. The van der Waals surface area contributed by atoms with Gasteiger partial charge in [-0.3, -0.25) is 4.90 Å². The van der Waals surface area contributed by atoms with Gasteiger partial charge in [-0.1, -0.05) is 11.6 Å². The zero-order valence-corrected chi connectivity index (χ0v) is 12.6. The molecule has 2 fully saturated rings. The number of nitrogens with zero attached hydrogens (tertiary/aromatic N) is 2. The number of likely N-dealkylation sites (tertiary alicyclic amines) is 1. The van der Waals surface area contributed by atoms with Gasteiger partial charge in [0.2, 0.25) is 0 Å². The zero-order chi connectivity index (χ0) is 12.7. The average molecular weight is 332 g/mol. The highest BCUT2D eigenvalue weighted by Gasteiger charge is 2.43. The summed E-state index contributed by atoms with van der Waals surface area (Å²) in [5, 5.41) is 0.472. The number of aromatic nitrogens is 1. The second-order valence-electron chi connectivity index (χ2n) is 5.21. The number of halogens is 2. The third-order valence-corrected chi connectivity index (χ3v) is 5.41. The van der Waals surface area contributed by atoms with Crippen LogP contribution in [-0.2, 0) is 0 Å². The molecule has 0 N–H and O–H groups in total. The molecule has 0 spiro atoms. The Hall–Kier alpha value is -0.320. The molecule has 0 unspecified atom stereocenters. The molecular formula is C13H16BrClN2O. The molecule has 1 aliphatic heterocycles. The Morgan fingerprint density at radius 3 is 3.06 bits per heavy atom. The predicted octanol–water partition coefficient (Wildman–Crippen LogP) is 3.36. The van der Waals surface area contributed by atoms with Gasteiger partial charge in [-0.25, -0.2) is 4.98 Å². The highest BCUT2D eigenvalue weighted by molar-refractivity contribution is 9.10. The molecule has 2 bridgehead atoms. The van der Waals surface area contributed by atoms with Crippen molar-refractivity contribution in [2.45, 2.75) is 31.3 Å². The van der Waals surface area contributed by atoms with E-state index in [9.17, 15) is 0 Å². The van der Waals surface area contributed by atoms with E-state index in [1.807, 2.05) is 6.07 Å². The van der Waals surface area contributed by atoms with Gasteiger partial charge in [-0.05, 0) is 54.2 Å². The van der Waals surface area contributed by atoms with Crippen LogP contribution in [0.1, 0.15) is 19.3 Å². The lowest BCUT2D eigenvalue weighted by molar-refractivity contribution is 0.118. The highest BCUT2D eigenvalue weighted by atomic mass is 79.9. The minimum Gasteiger partial charge on any atom is -0.490 e. The number of ether oxygens (including phenoxy) is 1. The Morgan fingerprint density at radius 2 is 2.39 bits per heavy atom. The van der Waals surface area contributed by atoms with Crippen molar-refractivity contribution in [2.24, 2.45) is 5.92 Å². The lowest BCUT2D eigenvalue weighted by Gasteiger charge is -2.31. The summed E-state index contributed by atoms with van der Waals surface area (Å²) < 4.78 is 6.64. The van der Waals surface area contributed by atoms with Gasteiger partial charge in [0.1, 0.15) is 17.5 Å². The van der Waals surface area contributed by atoms with Crippen molar-refractivity contribution in [1.82, 2.24) is 9.88 Å². The van der Waals surface area contributed by atoms with Gasteiger partial charge in [-0.2, -0.15) is 0 Å². The molecule has 1 aromatic heterocycles. The van der Waals surface area contributed by atoms with E-state index in [0.29, 0.717) is 11.2 Å². The lowest BCUT2D eigenvalue weighted by atomic mass is 10.00. The topological polar surface area (TPSA) is 25.4 Å². The van der Waals surface area contributed by atoms with Crippen LogP contribution in [0, 0.1) is 5.92 Å². The van der Waals surface area contributed by atoms with E-state index >= 15 is 0 Å². The van der Waals surface area contributed by atoms with Gasteiger partial charge in [0.15, 0.2) is 0 Å². The molecular weight excluding hydrogens is 316 g/mol. The van der Waals surface area contributed by atoms with Crippen molar-refractivity contribution < 1.29 is 4.74 Å². The Kier molecular flexibility index (Phi) is 3.52. The number of pyridine rings is 1. The predicted molar refractivity (Wildman–Crippen MR) is 75.1 cm³/mol. The molecule has 2 heterocycles. The van der Waals surface area contributed by atoms with E-state index in [2.05, 4.69) is 32.9 Å². The Bertz CT molecular complexity index is 455. The van der Waals surface area contributed by atoms with Crippen LogP contribution < -0.4 is 4.74 Å². The molecule has 1 aliphatic carbocycles. The van der Waals surface area contributed by atoms with Crippen molar-refractivity contribution in [3.63, 3.8) is 0 Å². The maximum absolute atomic E-state index is 5.86. The molecule has 0 amide bonds. The van der Waals surface area contributed by atoms with E-state index in [0.717, 1.165) is 28.8 Å². The molecule has 5 heteroatoms. The van der Waals surface area contributed by atoms with Gasteiger partial charge in [0, 0.05) is 12.1 Å². The molecule has 1 aromatic rings. The fourth-order valence-corrected chi connectivity index (χ4v) is 3.66. The fraction of sp³-hybridized carbons (Fsp3) is 0.615. The molecule has 1 saturated carbocycles. The lowest BCUT2D eigenvalue weighted by Crippen LogP contribution is -2.41. The number of piperidine rings is 1. The van der Waals surface area contributed by atoms with Crippen LogP contribution in [0.3, 0.4) is 0 Å². The van der Waals surface area contributed by atoms with Gasteiger partial charge in [0.25, 0.3) is 0 Å². The van der Waals surface area contributed by atoms with Crippen molar-refractivity contribution in [3.05, 3.63) is 21.9 Å². The minimum atomic E-state index is 0.472. The fourth-order valence-electron chi connectivity index (χ4n) is 3.23. The van der Waals surface area contributed by atoms with Crippen LogP contribution in [0.15, 0.2) is 16.7 Å². The van der Waals surface area contributed by atoms with Crippen molar-refractivity contribution in [1.29, 1.82) is 0 Å². The first-order valence-electron chi connectivity index (χ1n) is 6.31. The van der Waals surface area contributed by atoms with E-state index < -0.39 is 0 Å². The molecule has 0 aromatic carbocycles. The monoisotopic (exact) mass is 330 g/mol. The SMILES string of the molecule is CN1[C@H]2CC[C@H](C2)[C@H]1COc1cnc(Cl)c(Br)c1. The molecule has 0 radical (unpaired) electrons. The normalized spacial score (nSPS) is 30.9. The second kappa shape index (κ2) is 4.99. The van der Waals surface area contributed by atoms with Crippen molar-refractivity contribution in [3.8, 4) is 5.75 Å². The molecule has 2 aliphatic rings. The minimum absolute atomic E-state index is 0.472. The first kappa shape index (κ1) is 12.7. The second-order valence-corrected chi connectivity index (χ2v) is 6.43.